The van der Waals surface area contributed by atoms with Crippen LogP contribution < -0.4 is 15.8 Å². The van der Waals surface area contributed by atoms with E-state index < -0.39 is 23.9 Å². The Morgan fingerprint density at radius 3 is 2.23 bits per heavy atom. The average molecular weight is 356 g/mol. The van der Waals surface area contributed by atoms with Crippen LogP contribution in [0, 0.1) is 6.92 Å². The Bertz CT molecular complexity index is 830. The Hall–Kier alpha value is -3.35. The molecule has 0 saturated heterocycles. The van der Waals surface area contributed by atoms with Gasteiger partial charge in [0.05, 0.1) is 12.7 Å². The predicted molar refractivity (Wildman–Crippen MR) is 96.2 cm³/mol. The first-order valence-corrected chi connectivity index (χ1v) is 7.88. The second-order valence-corrected chi connectivity index (χ2v) is 5.66. The molecule has 0 bridgehead atoms. The molecule has 7 heteroatoms. The summed E-state index contributed by atoms with van der Waals surface area (Å²) in [6.07, 6.45) is -1.01. The lowest BCUT2D eigenvalue weighted by Gasteiger charge is -2.14. The minimum Gasteiger partial charge on any atom is -0.496 e. The van der Waals surface area contributed by atoms with E-state index in [9.17, 15) is 14.4 Å². The van der Waals surface area contributed by atoms with Crippen molar-refractivity contribution in [2.75, 3.05) is 12.4 Å². The molecule has 136 valence electrons. The molecule has 0 heterocycles. The molecule has 1 atom stereocenters. The fourth-order valence-electron chi connectivity index (χ4n) is 2.19. The number of anilines is 1. The van der Waals surface area contributed by atoms with Gasteiger partial charge in [-0.25, -0.2) is 4.79 Å². The number of methoxy groups -OCH3 is 1. The van der Waals surface area contributed by atoms with Crippen LogP contribution in [0.3, 0.4) is 0 Å². The van der Waals surface area contributed by atoms with Gasteiger partial charge in [0.2, 0.25) is 5.91 Å². The van der Waals surface area contributed by atoms with Crippen molar-refractivity contribution in [1.82, 2.24) is 0 Å². The minimum atomic E-state index is -1.01. The first kappa shape index (κ1) is 19.0. The zero-order valence-corrected chi connectivity index (χ0v) is 14.7. The van der Waals surface area contributed by atoms with E-state index in [4.69, 9.17) is 15.2 Å². The summed E-state index contributed by atoms with van der Waals surface area (Å²) in [4.78, 5) is 35.4. The fourth-order valence-corrected chi connectivity index (χ4v) is 2.19. The number of amides is 2. The summed E-state index contributed by atoms with van der Waals surface area (Å²) in [5, 5.41) is 2.60. The highest BCUT2D eigenvalue weighted by molar-refractivity contribution is 5.98. The SMILES string of the molecule is COc1cc(C(=O)O[C@H](C)C(=O)Nc2ccc(C(N)=O)cc2)ccc1C. The van der Waals surface area contributed by atoms with Crippen LogP contribution in [0.2, 0.25) is 0 Å². The molecule has 0 aromatic heterocycles. The molecule has 0 radical (unpaired) electrons. The van der Waals surface area contributed by atoms with Gasteiger partial charge in [0.1, 0.15) is 5.75 Å². The van der Waals surface area contributed by atoms with Crippen molar-refractivity contribution in [1.29, 1.82) is 0 Å². The van der Waals surface area contributed by atoms with E-state index in [0.717, 1.165) is 5.56 Å². The molecule has 3 N–H and O–H groups in total. The first-order valence-electron chi connectivity index (χ1n) is 7.88. The van der Waals surface area contributed by atoms with E-state index in [1.165, 1.54) is 38.3 Å². The molecule has 7 nitrogen and oxygen atoms in total. The first-order chi connectivity index (χ1) is 12.3. The van der Waals surface area contributed by atoms with Crippen LogP contribution in [0.4, 0.5) is 5.69 Å². The molecule has 2 aromatic carbocycles. The van der Waals surface area contributed by atoms with E-state index in [-0.39, 0.29) is 5.56 Å². The molecule has 0 saturated carbocycles. The normalized spacial score (nSPS) is 11.3. The molecule has 0 aliphatic carbocycles. The van der Waals surface area contributed by atoms with Gasteiger partial charge in [-0.1, -0.05) is 6.07 Å². The number of carbonyl (C=O) groups is 3. The third kappa shape index (κ3) is 4.60. The van der Waals surface area contributed by atoms with Crippen molar-refractivity contribution >= 4 is 23.5 Å². The predicted octanol–water partition coefficient (Wildman–Crippen LogP) is 2.29. The summed E-state index contributed by atoms with van der Waals surface area (Å²) in [6, 6.07) is 11.0. The maximum atomic E-state index is 12.2. The number of hydrogen-bond donors (Lipinski definition) is 2. The van der Waals surface area contributed by atoms with Gasteiger partial charge in [-0.05, 0) is 55.8 Å². The van der Waals surface area contributed by atoms with Crippen molar-refractivity contribution < 1.29 is 23.9 Å². The van der Waals surface area contributed by atoms with Crippen LogP contribution in [0.5, 0.6) is 5.75 Å². The highest BCUT2D eigenvalue weighted by Crippen LogP contribution is 2.20. The van der Waals surface area contributed by atoms with Crippen molar-refractivity contribution in [3.63, 3.8) is 0 Å². The average Bonchev–Trinajstić information content (AvgIpc) is 2.62. The van der Waals surface area contributed by atoms with Gasteiger partial charge in [0.15, 0.2) is 6.10 Å². The molecule has 0 fully saturated rings. The van der Waals surface area contributed by atoms with Gasteiger partial charge in [-0.15, -0.1) is 0 Å². The molecule has 2 amide bonds. The zero-order valence-electron chi connectivity index (χ0n) is 14.7. The summed E-state index contributed by atoms with van der Waals surface area (Å²) >= 11 is 0. The lowest BCUT2D eigenvalue weighted by Crippen LogP contribution is -2.30. The Balaban J connectivity index is 1.99. The van der Waals surface area contributed by atoms with Crippen molar-refractivity contribution in [2.45, 2.75) is 20.0 Å². The third-order valence-electron chi connectivity index (χ3n) is 3.73. The Labute approximate surface area is 151 Å². The molecule has 0 aliphatic heterocycles. The second-order valence-electron chi connectivity index (χ2n) is 5.66. The summed E-state index contributed by atoms with van der Waals surface area (Å²) in [6.45, 7) is 3.32. The van der Waals surface area contributed by atoms with E-state index in [1.807, 2.05) is 6.92 Å². The van der Waals surface area contributed by atoms with Crippen LogP contribution in [0.25, 0.3) is 0 Å². The second kappa shape index (κ2) is 8.15. The Morgan fingerprint density at radius 2 is 1.65 bits per heavy atom. The highest BCUT2D eigenvalue weighted by atomic mass is 16.5. The van der Waals surface area contributed by atoms with Gasteiger partial charge < -0.3 is 20.5 Å². The monoisotopic (exact) mass is 356 g/mol. The van der Waals surface area contributed by atoms with E-state index in [0.29, 0.717) is 17.0 Å². The zero-order chi connectivity index (χ0) is 19.3. The number of nitrogens with one attached hydrogen (secondary N) is 1. The topological polar surface area (TPSA) is 108 Å². The van der Waals surface area contributed by atoms with Crippen molar-refractivity contribution in [3.05, 3.63) is 59.2 Å². The van der Waals surface area contributed by atoms with Crippen LogP contribution in [0.1, 0.15) is 33.2 Å². The van der Waals surface area contributed by atoms with Gasteiger partial charge in [-0.3, -0.25) is 9.59 Å². The van der Waals surface area contributed by atoms with E-state index >= 15 is 0 Å². The highest BCUT2D eigenvalue weighted by Gasteiger charge is 2.20. The van der Waals surface area contributed by atoms with E-state index in [2.05, 4.69) is 5.32 Å². The van der Waals surface area contributed by atoms with Gasteiger partial charge >= 0.3 is 5.97 Å². The summed E-state index contributed by atoms with van der Waals surface area (Å²) in [5.74, 6) is -1.12. The third-order valence-corrected chi connectivity index (χ3v) is 3.73. The van der Waals surface area contributed by atoms with Crippen molar-refractivity contribution in [2.24, 2.45) is 5.73 Å². The molecular formula is C19H20N2O5. The standard InChI is InChI=1S/C19H20N2O5/c1-11-4-5-14(10-16(11)25-3)19(24)26-12(2)18(23)21-15-8-6-13(7-9-15)17(20)22/h4-10,12H,1-3H3,(H2,20,22)(H,21,23)/t12-/m1/s1. The Kier molecular flexibility index (Phi) is 5.95. The largest absolute Gasteiger partial charge is 0.496 e. The number of rotatable bonds is 6. The number of benzene rings is 2. The number of aryl methyl sites for hydroxylation is 1. The molecule has 0 unspecified atom stereocenters. The molecule has 2 aromatic rings. The van der Waals surface area contributed by atoms with Crippen LogP contribution in [-0.2, 0) is 9.53 Å². The summed E-state index contributed by atoms with van der Waals surface area (Å²) < 4.78 is 10.4. The number of hydrogen-bond acceptors (Lipinski definition) is 5. The number of primary amides is 1. The van der Waals surface area contributed by atoms with Crippen LogP contribution in [-0.4, -0.2) is 31.0 Å². The van der Waals surface area contributed by atoms with Gasteiger partial charge in [0, 0.05) is 11.3 Å². The lowest BCUT2D eigenvalue weighted by molar-refractivity contribution is -0.123. The number of nitrogens with two attached hydrogens (primary N) is 1. The fraction of sp³-hybridized carbons (Fsp3) is 0.211. The maximum absolute atomic E-state index is 12.2. The molecule has 0 aliphatic rings. The molecule has 2 rings (SSSR count). The van der Waals surface area contributed by atoms with Gasteiger partial charge in [-0.2, -0.15) is 0 Å². The van der Waals surface area contributed by atoms with Crippen LogP contribution in [0.15, 0.2) is 42.5 Å². The quantitative estimate of drug-likeness (QED) is 0.772. The molecular weight excluding hydrogens is 336 g/mol. The summed E-state index contributed by atoms with van der Waals surface area (Å²) in [7, 11) is 1.51. The number of carbonyl (C=O) groups excluding carboxylic acids is 3. The maximum Gasteiger partial charge on any atom is 0.339 e. The van der Waals surface area contributed by atoms with Crippen LogP contribution >= 0.6 is 0 Å². The van der Waals surface area contributed by atoms with Crippen molar-refractivity contribution in [3.8, 4) is 5.75 Å². The minimum absolute atomic E-state index is 0.290. The van der Waals surface area contributed by atoms with E-state index in [1.54, 1.807) is 18.2 Å². The lowest BCUT2D eigenvalue weighted by atomic mass is 10.1. The number of esters is 1. The summed E-state index contributed by atoms with van der Waals surface area (Å²) in [5.41, 5.74) is 7.12. The number of ether oxygens (including phenoxy) is 2. The molecule has 0 spiro atoms. The molecule has 26 heavy (non-hydrogen) atoms. The Morgan fingerprint density at radius 1 is 1.04 bits per heavy atom. The smallest absolute Gasteiger partial charge is 0.339 e. The van der Waals surface area contributed by atoms with Gasteiger partial charge in [0.25, 0.3) is 5.91 Å².